The van der Waals surface area contributed by atoms with Gasteiger partial charge in [-0.05, 0) is 31.7 Å². The van der Waals surface area contributed by atoms with Crippen molar-refractivity contribution in [3.63, 3.8) is 0 Å². The van der Waals surface area contributed by atoms with E-state index >= 15 is 0 Å². The van der Waals surface area contributed by atoms with Crippen LogP contribution in [0.1, 0.15) is 65.3 Å². The topological polar surface area (TPSA) is 100 Å². The second-order valence-corrected chi connectivity index (χ2v) is 8.22. The maximum absolute atomic E-state index is 12.9. The van der Waals surface area contributed by atoms with Crippen LogP contribution in [0, 0.1) is 0 Å². The first kappa shape index (κ1) is 22.7. The van der Waals surface area contributed by atoms with Gasteiger partial charge in [0.15, 0.2) is 0 Å². The fraction of sp³-hybridized carbons (Fsp3) is 0.458. The van der Waals surface area contributed by atoms with Crippen molar-refractivity contribution in [3.8, 4) is 0 Å². The van der Waals surface area contributed by atoms with E-state index in [1.165, 1.54) is 12.4 Å². The molecule has 1 heterocycles. The monoisotopic (exact) mass is 425 g/mol. The lowest BCUT2D eigenvalue weighted by Crippen LogP contribution is -2.45. The van der Waals surface area contributed by atoms with Crippen LogP contribution in [0.3, 0.4) is 0 Å². The first-order valence-corrected chi connectivity index (χ1v) is 11.0. The van der Waals surface area contributed by atoms with Gasteiger partial charge in [-0.3, -0.25) is 14.4 Å². The van der Waals surface area contributed by atoms with E-state index in [1.807, 2.05) is 30.3 Å². The fourth-order valence-corrected chi connectivity index (χ4v) is 3.97. The zero-order valence-corrected chi connectivity index (χ0v) is 18.0. The van der Waals surface area contributed by atoms with Crippen LogP contribution in [0.4, 0.5) is 0 Å². The molecule has 1 saturated carbocycles. The van der Waals surface area contributed by atoms with Gasteiger partial charge < -0.3 is 20.3 Å². The summed E-state index contributed by atoms with van der Waals surface area (Å²) < 4.78 is 1.71. The summed E-state index contributed by atoms with van der Waals surface area (Å²) in [4.78, 5) is 38.2. The van der Waals surface area contributed by atoms with Gasteiger partial charge in [0.25, 0.3) is 11.8 Å². The molecule has 3 N–H and O–H groups in total. The quantitative estimate of drug-likeness (QED) is 0.604. The second kappa shape index (κ2) is 10.4. The van der Waals surface area contributed by atoms with Crippen LogP contribution in [0.25, 0.3) is 0 Å². The van der Waals surface area contributed by atoms with Crippen LogP contribution in [0.15, 0.2) is 47.5 Å². The van der Waals surface area contributed by atoms with E-state index in [2.05, 4.69) is 10.6 Å². The Morgan fingerprint density at radius 2 is 1.61 bits per heavy atom. The molecule has 7 heteroatoms. The summed E-state index contributed by atoms with van der Waals surface area (Å²) in [5.74, 6) is -1.06. The summed E-state index contributed by atoms with van der Waals surface area (Å²) in [6.07, 6.45) is 7.88. The molecular formula is C24H31N3O4. The lowest BCUT2D eigenvalue weighted by Gasteiger charge is -2.32. The van der Waals surface area contributed by atoms with Crippen molar-refractivity contribution in [2.75, 3.05) is 13.1 Å². The number of aryl methyl sites for hydroxylation is 2. The van der Waals surface area contributed by atoms with Crippen LogP contribution in [0.5, 0.6) is 0 Å². The van der Waals surface area contributed by atoms with Crippen molar-refractivity contribution >= 4 is 11.8 Å². The standard InChI is InChI=1S/C24H31N3O4/c1-2-25-22(29)19-15-27(14-11-18-9-5-3-6-10-18)16-20(21(19)28)23(30)26-17-24(31)12-7-4-8-13-24/h3,5-6,9-10,15-16,31H,2,4,7-8,11-14,17H2,1H3,(H,25,29)(H,26,30). The number of hydrogen-bond donors (Lipinski definition) is 3. The number of carbonyl (C=O) groups excluding carboxylic acids is 2. The third kappa shape index (κ3) is 6.04. The number of carbonyl (C=O) groups is 2. The highest BCUT2D eigenvalue weighted by Gasteiger charge is 2.30. The molecule has 2 amide bonds. The van der Waals surface area contributed by atoms with Gasteiger partial charge in [-0.25, -0.2) is 0 Å². The smallest absolute Gasteiger partial charge is 0.256 e. The molecule has 31 heavy (non-hydrogen) atoms. The largest absolute Gasteiger partial charge is 0.388 e. The number of hydrogen-bond acceptors (Lipinski definition) is 4. The van der Waals surface area contributed by atoms with E-state index in [-0.39, 0.29) is 17.7 Å². The van der Waals surface area contributed by atoms with Gasteiger partial charge in [-0.15, -0.1) is 0 Å². The average molecular weight is 426 g/mol. The highest BCUT2D eigenvalue weighted by molar-refractivity contribution is 5.99. The van der Waals surface area contributed by atoms with Gasteiger partial charge >= 0.3 is 0 Å². The zero-order valence-electron chi connectivity index (χ0n) is 18.0. The summed E-state index contributed by atoms with van der Waals surface area (Å²) in [5, 5.41) is 16.0. The molecule has 1 aliphatic carbocycles. The van der Waals surface area contributed by atoms with Crippen LogP contribution in [-0.2, 0) is 13.0 Å². The normalized spacial score (nSPS) is 15.3. The van der Waals surface area contributed by atoms with Gasteiger partial charge in [0.05, 0.1) is 5.60 Å². The highest BCUT2D eigenvalue weighted by atomic mass is 16.3. The predicted molar refractivity (Wildman–Crippen MR) is 119 cm³/mol. The highest BCUT2D eigenvalue weighted by Crippen LogP contribution is 2.27. The van der Waals surface area contributed by atoms with Crippen molar-refractivity contribution in [2.45, 2.75) is 57.6 Å². The Hall–Kier alpha value is -2.93. The lowest BCUT2D eigenvalue weighted by atomic mass is 9.85. The number of aromatic nitrogens is 1. The minimum atomic E-state index is -0.933. The van der Waals surface area contributed by atoms with Crippen LogP contribution in [-0.4, -0.2) is 40.2 Å². The number of nitrogens with zero attached hydrogens (tertiary/aromatic N) is 1. The first-order chi connectivity index (χ1) is 14.9. The molecule has 0 bridgehead atoms. The number of aliphatic hydroxyl groups is 1. The van der Waals surface area contributed by atoms with Crippen molar-refractivity contribution in [3.05, 3.63) is 69.6 Å². The number of amides is 2. The molecule has 1 aromatic carbocycles. The number of nitrogens with one attached hydrogen (secondary N) is 2. The number of benzene rings is 1. The van der Waals surface area contributed by atoms with Gasteiger partial charge in [-0.1, -0.05) is 49.6 Å². The van der Waals surface area contributed by atoms with Gasteiger partial charge in [-0.2, -0.15) is 0 Å². The van der Waals surface area contributed by atoms with Gasteiger partial charge in [0, 0.05) is 32.0 Å². The summed E-state index contributed by atoms with van der Waals surface area (Å²) in [6, 6.07) is 9.86. The van der Waals surface area contributed by atoms with Crippen molar-refractivity contribution in [1.82, 2.24) is 15.2 Å². The molecule has 0 spiro atoms. The summed E-state index contributed by atoms with van der Waals surface area (Å²) in [7, 11) is 0. The van der Waals surface area contributed by atoms with Crippen molar-refractivity contribution in [1.29, 1.82) is 0 Å². The molecule has 1 fully saturated rings. The SMILES string of the molecule is CCNC(=O)c1cn(CCc2ccccc2)cc(C(=O)NCC2(O)CCCCC2)c1=O. The van der Waals surface area contributed by atoms with E-state index in [9.17, 15) is 19.5 Å². The maximum Gasteiger partial charge on any atom is 0.256 e. The van der Waals surface area contributed by atoms with E-state index in [0.717, 1.165) is 24.8 Å². The molecule has 0 unspecified atom stereocenters. The van der Waals surface area contributed by atoms with Crippen molar-refractivity contribution in [2.24, 2.45) is 0 Å². The molecule has 0 radical (unpaired) electrons. The molecule has 0 saturated heterocycles. The Bertz CT molecular complexity index is 963. The third-order valence-corrected chi connectivity index (χ3v) is 5.77. The van der Waals surface area contributed by atoms with E-state index in [4.69, 9.17) is 0 Å². The Labute approximate surface area is 182 Å². The molecule has 166 valence electrons. The Kier molecular flexibility index (Phi) is 7.63. The van der Waals surface area contributed by atoms with E-state index in [1.54, 1.807) is 11.5 Å². The Morgan fingerprint density at radius 1 is 1.00 bits per heavy atom. The second-order valence-electron chi connectivity index (χ2n) is 8.22. The Balaban J connectivity index is 1.82. The molecule has 3 rings (SSSR count). The summed E-state index contributed by atoms with van der Waals surface area (Å²) >= 11 is 0. The summed E-state index contributed by atoms with van der Waals surface area (Å²) in [5.41, 5.74) is -0.561. The average Bonchev–Trinajstić information content (AvgIpc) is 2.78. The maximum atomic E-state index is 12.9. The minimum Gasteiger partial charge on any atom is -0.388 e. The van der Waals surface area contributed by atoms with E-state index < -0.39 is 22.8 Å². The first-order valence-electron chi connectivity index (χ1n) is 11.0. The number of rotatable bonds is 8. The fourth-order valence-electron chi connectivity index (χ4n) is 3.97. The Morgan fingerprint density at radius 3 is 2.23 bits per heavy atom. The van der Waals surface area contributed by atoms with Crippen LogP contribution >= 0.6 is 0 Å². The van der Waals surface area contributed by atoms with Crippen LogP contribution in [0.2, 0.25) is 0 Å². The van der Waals surface area contributed by atoms with E-state index in [0.29, 0.717) is 32.4 Å². The molecule has 1 aromatic heterocycles. The zero-order chi connectivity index (χ0) is 22.3. The lowest BCUT2D eigenvalue weighted by molar-refractivity contribution is 0.00523. The molecule has 7 nitrogen and oxygen atoms in total. The van der Waals surface area contributed by atoms with Gasteiger partial charge in [0.1, 0.15) is 11.1 Å². The number of pyridine rings is 1. The third-order valence-electron chi connectivity index (χ3n) is 5.77. The molecule has 2 aromatic rings. The molecular weight excluding hydrogens is 394 g/mol. The van der Waals surface area contributed by atoms with Gasteiger partial charge in [0.2, 0.25) is 5.43 Å². The van der Waals surface area contributed by atoms with Crippen molar-refractivity contribution < 1.29 is 14.7 Å². The molecule has 0 atom stereocenters. The van der Waals surface area contributed by atoms with Crippen LogP contribution < -0.4 is 16.1 Å². The summed E-state index contributed by atoms with van der Waals surface area (Å²) in [6.45, 7) is 2.76. The molecule has 0 aliphatic heterocycles. The predicted octanol–water partition coefficient (Wildman–Crippen LogP) is 2.27. The molecule has 1 aliphatic rings. The minimum absolute atomic E-state index is 0.0565.